The van der Waals surface area contributed by atoms with E-state index in [1.54, 1.807) is 0 Å². The van der Waals surface area contributed by atoms with Crippen LogP contribution in [-0.2, 0) is 16.0 Å². The smallest absolute Gasteiger partial charge is 0.228 e. The Morgan fingerprint density at radius 1 is 0.791 bits per heavy atom. The van der Waals surface area contributed by atoms with Crippen molar-refractivity contribution in [2.45, 2.75) is 26.8 Å². The molecule has 11 heteroatoms. The van der Waals surface area contributed by atoms with Crippen molar-refractivity contribution < 1.29 is 9.47 Å². The van der Waals surface area contributed by atoms with E-state index in [1.165, 1.54) is 5.39 Å². The van der Waals surface area contributed by atoms with Gasteiger partial charge < -0.3 is 19.7 Å². The molecule has 1 N–H and O–H groups in total. The minimum atomic E-state index is 0.665. The first-order valence-electron chi connectivity index (χ1n) is 15.1. The Kier molecular flexibility index (Phi) is 7.84. The van der Waals surface area contributed by atoms with Crippen LogP contribution in [0.15, 0.2) is 58.7 Å². The van der Waals surface area contributed by atoms with Crippen molar-refractivity contribution in [2.24, 2.45) is 10.2 Å². The molecule has 0 radical (unpaired) electrons. The van der Waals surface area contributed by atoms with Gasteiger partial charge in [-0.2, -0.15) is 20.3 Å². The zero-order chi connectivity index (χ0) is 29.2. The summed E-state index contributed by atoms with van der Waals surface area (Å²) in [4.78, 5) is 14.6. The maximum absolute atomic E-state index is 5.60. The van der Waals surface area contributed by atoms with E-state index in [-0.39, 0.29) is 0 Å². The molecule has 3 aliphatic rings. The zero-order valence-electron chi connectivity index (χ0n) is 24.8. The predicted molar refractivity (Wildman–Crippen MR) is 170 cm³/mol. The van der Waals surface area contributed by atoms with Gasteiger partial charge in [-0.05, 0) is 37.6 Å². The van der Waals surface area contributed by atoms with E-state index in [1.807, 2.05) is 13.0 Å². The van der Waals surface area contributed by atoms with Crippen LogP contribution in [0.3, 0.4) is 0 Å². The van der Waals surface area contributed by atoms with Gasteiger partial charge in [0.2, 0.25) is 5.95 Å². The Morgan fingerprint density at radius 3 is 2.28 bits per heavy atom. The molecule has 0 saturated carbocycles. The van der Waals surface area contributed by atoms with E-state index in [9.17, 15) is 0 Å². The maximum Gasteiger partial charge on any atom is 0.228 e. The van der Waals surface area contributed by atoms with E-state index >= 15 is 0 Å². The third-order valence-electron chi connectivity index (χ3n) is 8.23. The van der Waals surface area contributed by atoms with Gasteiger partial charge in [0.25, 0.3) is 0 Å². The summed E-state index contributed by atoms with van der Waals surface area (Å²) < 4.78 is 13.3. The second kappa shape index (κ2) is 12.2. The summed E-state index contributed by atoms with van der Waals surface area (Å²) in [5.74, 6) is 1.44. The summed E-state index contributed by atoms with van der Waals surface area (Å²) in [5.41, 5.74) is 8.12. The molecule has 43 heavy (non-hydrogen) atoms. The van der Waals surface area contributed by atoms with E-state index in [4.69, 9.17) is 24.5 Å². The van der Waals surface area contributed by atoms with Crippen molar-refractivity contribution in [1.29, 1.82) is 0 Å². The van der Waals surface area contributed by atoms with Crippen molar-refractivity contribution in [2.75, 3.05) is 69.4 Å². The van der Waals surface area contributed by atoms with E-state index in [0.717, 1.165) is 110 Å². The first-order valence-corrected chi connectivity index (χ1v) is 15.1. The predicted octanol–water partition coefficient (Wildman–Crippen LogP) is 4.28. The van der Waals surface area contributed by atoms with Crippen LogP contribution in [0.2, 0.25) is 0 Å². The molecular weight excluding hydrogens is 542 g/mol. The largest absolute Gasteiger partial charge is 0.379 e. The second-order valence-electron chi connectivity index (χ2n) is 11.3. The first-order chi connectivity index (χ1) is 21.1. The molecule has 4 aromatic rings. The normalized spacial score (nSPS) is 17.8. The maximum atomic E-state index is 5.60. The van der Waals surface area contributed by atoms with Crippen LogP contribution >= 0.6 is 0 Å². The molecule has 2 aromatic heterocycles. The van der Waals surface area contributed by atoms with Crippen LogP contribution in [0.1, 0.15) is 24.6 Å². The Morgan fingerprint density at radius 2 is 1.53 bits per heavy atom. The number of nitrogens with zero attached hydrogens (tertiary/aromatic N) is 8. The molecule has 0 spiro atoms. The molecule has 222 valence electrons. The first kappa shape index (κ1) is 27.6. The van der Waals surface area contributed by atoms with E-state index in [0.29, 0.717) is 19.2 Å². The summed E-state index contributed by atoms with van der Waals surface area (Å²) >= 11 is 0. The molecule has 2 fully saturated rings. The molecule has 11 nitrogen and oxygen atoms in total. The monoisotopic (exact) mass is 579 g/mol. The number of morpholine rings is 2. The summed E-state index contributed by atoms with van der Waals surface area (Å²) in [7, 11) is 0. The Balaban J connectivity index is 1.18. The SMILES string of the molecule is CC1=NN=C(c2ccc(Nc3cc(-c4ccc5c(C)nn(CCN6CCOCC6)c5c4)nc(N4CCOCC4)n3)cc2)C1. The van der Waals surface area contributed by atoms with Crippen molar-refractivity contribution in [3.63, 3.8) is 0 Å². The molecule has 0 amide bonds. The molecule has 0 aliphatic carbocycles. The van der Waals surface area contributed by atoms with E-state index < -0.39 is 0 Å². The summed E-state index contributed by atoms with van der Waals surface area (Å²) in [6.07, 6.45) is 0.793. The van der Waals surface area contributed by atoms with Gasteiger partial charge in [-0.1, -0.05) is 24.3 Å². The van der Waals surface area contributed by atoms with Gasteiger partial charge >= 0.3 is 0 Å². The average Bonchev–Trinajstić information content (AvgIpc) is 3.63. The van der Waals surface area contributed by atoms with Gasteiger partial charge in [0.1, 0.15) is 5.82 Å². The van der Waals surface area contributed by atoms with Crippen LogP contribution in [-0.4, -0.2) is 95.2 Å². The molecule has 0 atom stereocenters. The molecule has 7 rings (SSSR count). The van der Waals surface area contributed by atoms with Gasteiger partial charge in [0, 0.05) is 67.6 Å². The van der Waals surface area contributed by atoms with Crippen LogP contribution in [0, 0.1) is 6.92 Å². The number of hydrogen-bond acceptors (Lipinski definition) is 10. The molecule has 0 bridgehead atoms. The van der Waals surface area contributed by atoms with Crippen LogP contribution in [0.25, 0.3) is 22.2 Å². The van der Waals surface area contributed by atoms with Gasteiger partial charge in [-0.15, -0.1) is 0 Å². The summed E-state index contributed by atoms with van der Waals surface area (Å²) in [6, 6.07) is 16.8. The van der Waals surface area contributed by atoms with Crippen LogP contribution < -0.4 is 10.2 Å². The fourth-order valence-corrected chi connectivity index (χ4v) is 5.79. The number of benzene rings is 2. The Bertz CT molecular complexity index is 1670. The van der Waals surface area contributed by atoms with Crippen molar-refractivity contribution in [3.8, 4) is 11.3 Å². The highest BCUT2D eigenvalue weighted by molar-refractivity contribution is 6.14. The standard InChI is InChI=1S/C32H37N9O2/c1-22-19-29(37-36-22)24-3-6-26(7-4-24)33-31-21-28(34-32(35-31)40-13-17-43-18-14-40)25-5-8-27-23(2)38-41(30(27)20-25)10-9-39-11-15-42-16-12-39/h3-8,20-21H,9-19H2,1-2H3,(H,33,34,35). The number of aromatic nitrogens is 4. The summed E-state index contributed by atoms with van der Waals surface area (Å²) in [5, 5.41) is 18.1. The second-order valence-corrected chi connectivity index (χ2v) is 11.3. The topological polar surface area (TPSA) is 105 Å². The number of hydrogen-bond donors (Lipinski definition) is 1. The molecule has 5 heterocycles. The van der Waals surface area contributed by atoms with Crippen molar-refractivity contribution in [1.82, 2.24) is 24.6 Å². The zero-order valence-corrected chi connectivity index (χ0v) is 24.8. The minimum Gasteiger partial charge on any atom is -0.379 e. The highest BCUT2D eigenvalue weighted by Crippen LogP contribution is 2.29. The molecule has 2 saturated heterocycles. The van der Waals surface area contributed by atoms with Gasteiger partial charge in [0.05, 0.1) is 55.6 Å². The fourth-order valence-electron chi connectivity index (χ4n) is 5.79. The number of fused-ring (bicyclic) bond motifs is 1. The molecule has 2 aromatic carbocycles. The highest BCUT2D eigenvalue weighted by atomic mass is 16.5. The molecule has 3 aliphatic heterocycles. The average molecular weight is 580 g/mol. The third kappa shape index (κ3) is 6.15. The molecular formula is C32H37N9O2. The summed E-state index contributed by atoms with van der Waals surface area (Å²) in [6.45, 7) is 12.2. The van der Waals surface area contributed by atoms with Gasteiger partial charge in [-0.25, -0.2) is 4.98 Å². The van der Waals surface area contributed by atoms with Gasteiger partial charge in [0.15, 0.2) is 0 Å². The molecule has 0 unspecified atom stereocenters. The Hall–Kier alpha value is -4.19. The van der Waals surface area contributed by atoms with Crippen molar-refractivity contribution in [3.05, 3.63) is 59.8 Å². The lowest BCUT2D eigenvalue weighted by molar-refractivity contribution is 0.0361. The quantitative estimate of drug-likeness (QED) is 0.330. The number of aryl methyl sites for hydroxylation is 1. The van der Waals surface area contributed by atoms with Crippen LogP contribution in [0.5, 0.6) is 0 Å². The van der Waals surface area contributed by atoms with Crippen molar-refractivity contribution >= 4 is 39.8 Å². The number of nitrogens with one attached hydrogen (secondary N) is 1. The highest BCUT2D eigenvalue weighted by Gasteiger charge is 2.19. The Labute approximate surface area is 251 Å². The van der Waals surface area contributed by atoms with Gasteiger partial charge in [-0.3, -0.25) is 9.58 Å². The van der Waals surface area contributed by atoms with Crippen LogP contribution in [0.4, 0.5) is 17.5 Å². The number of ether oxygens (including phenoxy) is 2. The van der Waals surface area contributed by atoms with E-state index in [2.05, 4.69) is 79.4 Å². The number of anilines is 3. The lowest BCUT2D eigenvalue weighted by atomic mass is 10.1. The minimum absolute atomic E-state index is 0.665. The third-order valence-corrected chi connectivity index (χ3v) is 8.23. The lowest BCUT2D eigenvalue weighted by Gasteiger charge is -2.27. The lowest BCUT2D eigenvalue weighted by Crippen LogP contribution is -2.38. The number of rotatable bonds is 8. The fraction of sp³-hybridized carbons (Fsp3) is 0.406.